The van der Waals surface area contributed by atoms with Crippen molar-refractivity contribution in [2.24, 2.45) is 0 Å². The van der Waals surface area contributed by atoms with Crippen LogP contribution in [0.2, 0.25) is 0 Å². The Hall–Kier alpha value is -3.10. The van der Waals surface area contributed by atoms with Gasteiger partial charge in [0.15, 0.2) is 11.5 Å². The lowest BCUT2D eigenvalue weighted by Crippen LogP contribution is -2.27. The van der Waals surface area contributed by atoms with Gasteiger partial charge in [-0.05, 0) is 45.9 Å². The quantitative estimate of drug-likeness (QED) is 0.532. The topological polar surface area (TPSA) is 109 Å². The number of rotatable bonds is 9. The van der Waals surface area contributed by atoms with Crippen molar-refractivity contribution in [1.82, 2.24) is 15.1 Å². The van der Waals surface area contributed by atoms with E-state index in [-0.39, 0.29) is 18.1 Å². The summed E-state index contributed by atoms with van der Waals surface area (Å²) in [4.78, 5) is 23.0. The lowest BCUT2D eigenvalue weighted by Gasteiger charge is -2.12. The van der Waals surface area contributed by atoms with Gasteiger partial charge in [-0.3, -0.25) is 19.6 Å². The predicted octanol–water partition coefficient (Wildman–Crippen LogP) is 2.64. The number of carbonyl (C=O) groups is 1. The minimum atomic E-state index is -0.443. The predicted molar refractivity (Wildman–Crippen MR) is 99.5 cm³/mol. The molecule has 27 heavy (non-hydrogen) atoms. The Morgan fingerprint density at radius 2 is 1.89 bits per heavy atom. The maximum Gasteiger partial charge on any atom is 0.312 e. The van der Waals surface area contributed by atoms with E-state index in [1.807, 2.05) is 13.8 Å². The molecule has 2 rings (SSSR count). The zero-order valence-corrected chi connectivity index (χ0v) is 15.9. The van der Waals surface area contributed by atoms with Crippen LogP contribution >= 0.6 is 0 Å². The number of nitrogens with one attached hydrogen (secondary N) is 1. The van der Waals surface area contributed by atoms with Gasteiger partial charge in [-0.1, -0.05) is 0 Å². The minimum absolute atomic E-state index is 0.00851. The molecule has 2 aromatic rings. The van der Waals surface area contributed by atoms with E-state index in [0.29, 0.717) is 48.2 Å². The molecule has 9 heteroatoms. The van der Waals surface area contributed by atoms with Crippen molar-refractivity contribution in [3.8, 4) is 11.5 Å². The number of nitro groups is 1. The van der Waals surface area contributed by atoms with Gasteiger partial charge in [-0.25, -0.2) is 0 Å². The Morgan fingerprint density at radius 3 is 2.48 bits per heavy atom. The van der Waals surface area contributed by atoms with Gasteiger partial charge in [0.1, 0.15) is 11.4 Å². The van der Waals surface area contributed by atoms with E-state index in [1.165, 1.54) is 4.68 Å². The fraction of sp³-hybridized carbons (Fsp3) is 0.444. The fourth-order valence-electron chi connectivity index (χ4n) is 2.74. The molecule has 0 aliphatic rings. The normalized spacial score (nSPS) is 10.5. The maximum atomic E-state index is 12.4. The van der Waals surface area contributed by atoms with Crippen molar-refractivity contribution in [1.29, 1.82) is 0 Å². The number of hydrogen-bond acceptors (Lipinski definition) is 6. The van der Waals surface area contributed by atoms with Gasteiger partial charge >= 0.3 is 5.69 Å². The van der Waals surface area contributed by atoms with Crippen LogP contribution in [0.4, 0.5) is 5.69 Å². The molecule has 0 saturated heterocycles. The van der Waals surface area contributed by atoms with Crippen molar-refractivity contribution >= 4 is 11.6 Å². The third-order valence-electron chi connectivity index (χ3n) is 3.94. The second-order valence-electron chi connectivity index (χ2n) is 5.78. The number of hydrogen-bond donors (Lipinski definition) is 1. The zero-order valence-electron chi connectivity index (χ0n) is 15.9. The summed E-state index contributed by atoms with van der Waals surface area (Å²) in [5, 5.41) is 18.0. The summed E-state index contributed by atoms with van der Waals surface area (Å²) in [6.07, 6.45) is 0. The zero-order chi connectivity index (χ0) is 20.0. The van der Waals surface area contributed by atoms with E-state index in [1.54, 1.807) is 32.0 Å². The third kappa shape index (κ3) is 4.75. The lowest BCUT2D eigenvalue weighted by molar-refractivity contribution is -0.386. The van der Waals surface area contributed by atoms with Gasteiger partial charge in [0, 0.05) is 12.1 Å². The highest BCUT2D eigenvalue weighted by Gasteiger charge is 2.21. The molecular formula is C18H24N4O5. The molecule has 9 nitrogen and oxygen atoms in total. The highest BCUT2D eigenvalue weighted by atomic mass is 16.6. The Kier molecular flexibility index (Phi) is 6.75. The second-order valence-corrected chi connectivity index (χ2v) is 5.78. The molecule has 0 bridgehead atoms. The summed E-state index contributed by atoms with van der Waals surface area (Å²) in [5.41, 5.74) is 1.28. The Labute approximate surface area is 157 Å². The highest BCUT2D eigenvalue weighted by Crippen LogP contribution is 2.28. The molecule has 0 saturated carbocycles. The summed E-state index contributed by atoms with van der Waals surface area (Å²) in [6.45, 7) is 8.55. The maximum absolute atomic E-state index is 12.4. The van der Waals surface area contributed by atoms with Gasteiger partial charge in [0.2, 0.25) is 0 Å². The van der Waals surface area contributed by atoms with Crippen molar-refractivity contribution in [2.45, 2.75) is 34.2 Å². The summed E-state index contributed by atoms with van der Waals surface area (Å²) < 4.78 is 12.5. The molecule has 0 unspecified atom stereocenters. The number of ether oxygens (including phenoxy) is 2. The molecule has 0 fully saturated rings. The lowest BCUT2D eigenvalue weighted by atomic mass is 10.2. The first kappa shape index (κ1) is 20.2. The van der Waals surface area contributed by atoms with Gasteiger partial charge in [0.05, 0.1) is 24.7 Å². The monoisotopic (exact) mass is 376 g/mol. The standard InChI is InChI=1S/C18H24N4O5/c1-5-26-15-8-7-14(11-16(15)27-6-2)18(23)19-9-10-21-13(4)17(22(24)25)12(3)20-21/h7-8,11H,5-6,9-10H2,1-4H3,(H,19,23). The number of benzene rings is 1. The molecule has 1 aromatic carbocycles. The summed E-state index contributed by atoms with van der Waals surface area (Å²) in [6, 6.07) is 5.00. The third-order valence-corrected chi connectivity index (χ3v) is 3.94. The van der Waals surface area contributed by atoms with Crippen LogP contribution in [0.15, 0.2) is 18.2 Å². The van der Waals surface area contributed by atoms with Crippen LogP contribution in [0.3, 0.4) is 0 Å². The van der Waals surface area contributed by atoms with Crippen molar-refractivity contribution < 1.29 is 19.2 Å². The number of aromatic nitrogens is 2. The largest absolute Gasteiger partial charge is 0.490 e. The van der Waals surface area contributed by atoms with E-state index in [0.717, 1.165) is 0 Å². The van der Waals surface area contributed by atoms with Crippen molar-refractivity contribution in [3.05, 3.63) is 45.3 Å². The molecule has 0 spiro atoms. The molecule has 0 atom stereocenters. The Bertz CT molecular complexity index is 831. The van der Waals surface area contributed by atoms with Gasteiger partial charge < -0.3 is 14.8 Å². The summed E-state index contributed by atoms with van der Waals surface area (Å²) in [7, 11) is 0. The van der Waals surface area contributed by atoms with Crippen LogP contribution in [-0.4, -0.2) is 40.4 Å². The molecule has 0 radical (unpaired) electrons. The van der Waals surface area contributed by atoms with E-state index in [2.05, 4.69) is 10.4 Å². The number of nitrogens with zero attached hydrogens (tertiary/aromatic N) is 3. The molecule has 1 amide bonds. The minimum Gasteiger partial charge on any atom is -0.490 e. The Balaban J connectivity index is 2.03. The van der Waals surface area contributed by atoms with Gasteiger partial charge in [0.25, 0.3) is 5.91 Å². The average Bonchev–Trinajstić information content (AvgIpc) is 2.90. The number of amides is 1. The molecule has 0 aliphatic heterocycles. The second kappa shape index (κ2) is 9.02. The van der Waals surface area contributed by atoms with Crippen molar-refractivity contribution in [3.63, 3.8) is 0 Å². The molecule has 0 aliphatic carbocycles. The molecule has 1 N–H and O–H groups in total. The van der Waals surface area contributed by atoms with E-state index >= 15 is 0 Å². The van der Waals surface area contributed by atoms with Crippen LogP contribution in [0.1, 0.15) is 35.6 Å². The Morgan fingerprint density at radius 1 is 1.22 bits per heavy atom. The van der Waals surface area contributed by atoms with Crippen LogP contribution < -0.4 is 14.8 Å². The first-order valence-corrected chi connectivity index (χ1v) is 8.75. The molecular weight excluding hydrogens is 352 g/mol. The molecule has 146 valence electrons. The SMILES string of the molecule is CCOc1ccc(C(=O)NCCn2nc(C)c([N+](=O)[O-])c2C)cc1OCC. The summed E-state index contributed by atoms with van der Waals surface area (Å²) >= 11 is 0. The number of carbonyl (C=O) groups excluding carboxylic acids is 1. The first-order valence-electron chi connectivity index (χ1n) is 8.75. The average molecular weight is 376 g/mol. The van der Waals surface area contributed by atoms with E-state index in [9.17, 15) is 14.9 Å². The van der Waals surface area contributed by atoms with Crippen LogP contribution in [0, 0.1) is 24.0 Å². The highest BCUT2D eigenvalue weighted by molar-refractivity contribution is 5.94. The smallest absolute Gasteiger partial charge is 0.312 e. The van der Waals surface area contributed by atoms with Gasteiger partial charge in [-0.2, -0.15) is 5.10 Å². The van der Waals surface area contributed by atoms with Crippen LogP contribution in [0.5, 0.6) is 11.5 Å². The van der Waals surface area contributed by atoms with Crippen LogP contribution in [-0.2, 0) is 6.54 Å². The van der Waals surface area contributed by atoms with E-state index < -0.39 is 4.92 Å². The van der Waals surface area contributed by atoms with Gasteiger partial charge in [-0.15, -0.1) is 0 Å². The summed E-state index contributed by atoms with van der Waals surface area (Å²) in [5.74, 6) is 0.835. The fourth-order valence-corrected chi connectivity index (χ4v) is 2.74. The van der Waals surface area contributed by atoms with Crippen LogP contribution in [0.25, 0.3) is 0 Å². The molecule has 1 heterocycles. The van der Waals surface area contributed by atoms with E-state index in [4.69, 9.17) is 9.47 Å². The number of aryl methyl sites for hydroxylation is 1. The van der Waals surface area contributed by atoms with Crippen molar-refractivity contribution in [2.75, 3.05) is 19.8 Å². The first-order chi connectivity index (χ1) is 12.9. The molecule has 1 aromatic heterocycles.